The molecule has 0 radical (unpaired) electrons. The third-order valence-corrected chi connectivity index (χ3v) is 5.39. The number of rotatable bonds is 11. The van der Waals surface area contributed by atoms with E-state index in [4.69, 9.17) is 0 Å². The van der Waals surface area contributed by atoms with Gasteiger partial charge in [-0.2, -0.15) is 0 Å². The number of benzene rings is 2. The summed E-state index contributed by atoms with van der Waals surface area (Å²) in [5.41, 5.74) is 3.79. The van der Waals surface area contributed by atoms with E-state index in [9.17, 15) is 5.11 Å². The van der Waals surface area contributed by atoms with Crippen LogP contribution in [-0.4, -0.2) is 24.1 Å². The summed E-state index contributed by atoms with van der Waals surface area (Å²) in [5, 5.41) is 10.3. The highest BCUT2D eigenvalue weighted by atomic mass is 16.3. The van der Waals surface area contributed by atoms with Crippen LogP contribution in [0, 0.1) is 5.92 Å². The zero-order chi connectivity index (χ0) is 19.6. The summed E-state index contributed by atoms with van der Waals surface area (Å²) < 4.78 is 0. The Hall–Kier alpha value is -1.80. The first kappa shape index (κ1) is 21.5. The predicted molar refractivity (Wildman–Crippen MR) is 116 cm³/mol. The molecule has 2 rings (SSSR count). The smallest absolute Gasteiger partial charge is 0.118 e. The van der Waals surface area contributed by atoms with E-state index in [1.54, 1.807) is 0 Å². The molecule has 2 nitrogen and oxygen atoms in total. The van der Waals surface area contributed by atoms with E-state index in [-0.39, 0.29) is 0 Å². The van der Waals surface area contributed by atoms with Crippen LogP contribution in [0.25, 0.3) is 0 Å². The summed E-state index contributed by atoms with van der Waals surface area (Å²) in [4.78, 5) is 2.29. The third-order valence-electron chi connectivity index (χ3n) is 5.39. The van der Waals surface area contributed by atoms with Gasteiger partial charge in [-0.25, -0.2) is 0 Å². The monoisotopic (exact) mass is 367 g/mol. The lowest BCUT2D eigenvalue weighted by Gasteiger charge is -2.25. The second kappa shape index (κ2) is 11.1. The number of aryl methyl sites for hydroxylation is 2. The minimum Gasteiger partial charge on any atom is -0.508 e. The van der Waals surface area contributed by atoms with Crippen LogP contribution in [0.15, 0.2) is 48.5 Å². The average Bonchev–Trinajstić information content (AvgIpc) is 2.64. The number of phenolic OH excluding ortho intramolecular Hbond substituents is 1. The fourth-order valence-electron chi connectivity index (χ4n) is 3.73. The number of hydrogen-bond acceptors (Lipinski definition) is 2. The second-order valence-corrected chi connectivity index (χ2v) is 8.39. The van der Waals surface area contributed by atoms with E-state index in [0.29, 0.717) is 11.8 Å². The molecule has 1 unspecified atom stereocenters. The Morgan fingerprint density at radius 1 is 0.852 bits per heavy atom. The maximum Gasteiger partial charge on any atom is 0.118 e. The number of phenols is 1. The summed E-state index contributed by atoms with van der Waals surface area (Å²) in [5.74, 6) is 1.23. The molecule has 0 aromatic heterocycles. The molecule has 0 aliphatic carbocycles. The summed E-state index contributed by atoms with van der Waals surface area (Å²) in [6.07, 6.45) is 8.10. The molecule has 0 aliphatic rings. The molecule has 1 atom stereocenters. The van der Waals surface area contributed by atoms with E-state index in [2.05, 4.69) is 75.3 Å². The van der Waals surface area contributed by atoms with Crippen LogP contribution in [0.5, 0.6) is 5.75 Å². The molecule has 0 heterocycles. The zero-order valence-electron chi connectivity index (χ0n) is 17.6. The molecule has 0 saturated heterocycles. The van der Waals surface area contributed by atoms with Gasteiger partial charge in [0.05, 0.1) is 0 Å². The molecule has 148 valence electrons. The summed E-state index contributed by atoms with van der Waals surface area (Å²) in [6.45, 7) is 4.57. The molecule has 0 bridgehead atoms. The molecule has 0 saturated carbocycles. The van der Waals surface area contributed by atoms with E-state index in [0.717, 1.165) is 37.2 Å². The Kier molecular flexibility index (Phi) is 8.87. The molecule has 2 aromatic rings. The summed E-state index contributed by atoms with van der Waals surface area (Å²) in [6, 6.07) is 17.3. The first-order valence-electron chi connectivity index (χ1n) is 10.5. The van der Waals surface area contributed by atoms with Crippen molar-refractivity contribution < 1.29 is 5.11 Å². The normalized spacial score (nSPS) is 12.7. The molecule has 0 amide bonds. The van der Waals surface area contributed by atoms with Crippen LogP contribution in [0.2, 0.25) is 0 Å². The SMILES string of the molecule is CC(C)CCCCCc1cc(C(CCc2ccccc2)N(C)C)ccc1O. The van der Waals surface area contributed by atoms with Gasteiger partial charge < -0.3 is 10.0 Å². The largest absolute Gasteiger partial charge is 0.508 e. The first-order valence-corrected chi connectivity index (χ1v) is 10.5. The zero-order valence-corrected chi connectivity index (χ0v) is 17.6. The van der Waals surface area contributed by atoms with Crippen LogP contribution >= 0.6 is 0 Å². The topological polar surface area (TPSA) is 23.5 Å². The van der Waals surface area contributed by atoms with Crippen LogP contribution in [-0.2, 0) is 12.8 Å². The van der Waals surface area contributed by atoms with Crippen molar-refractivity contribution in [2.24, 2.45) is 5.92 Å². The summed E-state index contributed by atoms with van der Waals surface area (Å²) >= 11 is 0. The van der Waals surface area contributed by atoms with Crippen LogP contribution in [0.3, 0.4) is 0 Å². The van der Waals surface area contributed by atoms with E-state index < -0.39 is 0 Å². The maximum atomic E-state index is 10.3. The van der Waals surface area contributed by atoms with Gasteiger partial charge >= 0.3 is 0 Å². The number of nitrogens with zero attached hydrogens (tertiary/aromatic N) is 1. The van der Waals surface area contributed by atoms with Crippen LogP contribution in [0.4, 0.5) is 0 Å². The minimum absolute atomic E-state index is 0.366. The van der Waals surface area contributed by atoms with Gasteiger partial charge in [0.15, 0.2) is 0 Å². The van der Waals surface area contributed by atoms with Gasteiger partial charge in [0.2, 0.25) is 0 Å². The van der Waals surface area contributed by atoms with Crippen LogP contribution in [0.1, 0.15) is 68.7 Å². The summed E-state index contributed by atoms with van der Waals surface area (Å²) in [7, 11) is 4.29. The molecule has 2 heteroatoms. The Bertz CT molecular complexity index is 663. The number of aromatic hydroxyl groups is 1. The Labute approximate surface area is 166 Å². The van der Waals surface area contributed by atoms with Crippen molar-refractivity contribution in [3.63, 3.8) is 0 Å². The molecule has 1 N–H and O–H groups in total. The van der Waals surface area contributed by atoms with Crippen molar-refractivity contribution in [1.82, 2.24) is 4.90 Å². The van der Waals surface area contributed by atoms with E-state index in [1.807, 2.05) is 6.07 Å². The molecule has 27 heavy (non-hydrogen) atoms. The first-order chi connectivity index (χ1) is 13.0. The highest BCUT2D eigenvalue weighted by molar-refractivity contribution is 5.37. The lowest BCUT2D eigenvalue weighted by atomic mass is 9.94. The van der Waals surface area contributed by atoms with Gasteiger partial charge in [0.1, 0.15) is 5.75 Å². The maximum absolute atomic E-state index is 10.3. The predicted octanol–water partition coefficient (Wildman–Crippen LogP) is 6.39. The second-order valence-electron chi connectivity index (χ2n) is 8.39. The Morgan fingerprint density at radius 2 is 1.59 bits per heavy atom. The molecule has 0 aliphatic heterocycles. The van der Waals surface area contributed by atoms with Crippen molar-refractivity contribution >= 4 is 0 Å². The Balaban J connectivity index is 1.99. The van der Waals surface area contributed by atoms with Gasteiger partial charge in [-0.3, -0.25) is 0 Å². The van der Waals surface area contributed by atoms with Crippen molar-refractivity contribution in [2.45, 2.75) is 64.8 Å². The quantitative estimate of drug-likeness (QED) is 0.465. The molecule has 0 fully saturated rings. The fraction of sp³-hybridized carbons (Fsp3) is 0.520. The van der Waals surface area contributed by atoms with Gasteiger partial charge in [-0.15, -0.1) is 0 Å². The minimum atomic E-state index is 0.366. The number of hydrogen-bond donors (Lipinski definition) is 1. The highest BCUT2D eigenvalue weighted by Gasteiger charge is 2.16. The van der Waals surface area contributed by atoms with Crippen LogP contribution < -0.4 is 0 Å². The van der Waals surface area contributed by atoms with E-state index >= 15 is 0 Å². The lowest BCUT2D eigenvalue weighted by molar-refractivity contribution is 0.283. The van der Waals surface area contributed by atoms with Gasteiger partial charge in [0.25, 0.3) is 0 Å². The lowest BCUT2D eigenvalue weighted by Crippen LogP contribution is -2.20. The fourth-order valence-corrected chi connectivity index (χ4v) is 3.73. The van der Waals surface area contributed by atoms with E-state index in [1.165, 1.54) is 30.4 Å². The van der Waals surface area contributed by atoms with Crippen molar-refractivity contribution in [2.75, 3.05) is 14.1 Å². The molecule has 2 aromatic carbocycles. The molecule has 0 spiro atoms. The van der Waals surface area contributed by atoms with Gasteiger partial charge in [-0.1, -0.05) is 75.6 Å². The van der Waals surface area contributed by atoms with Gasteiger partial charge in [0, 0.05) is 6.04 Å². The van der Waals surface area contributed by atoms with Crippen molar-refractivity contribution in [3.8, 4) is 5.75 Å². The van der Waals surface area contributed by atoms with Crippen molar-refractivity contribution in [1.29, 1.82) is 0 Å². The van der Waals surface area contributed by atoms with Gasteiger partial charge in [-0.05, 0) is 68.5 Å². The van der Waals surface area contributed by atoms with Crippen molar-refractivity contribution in [3.05, 3.63) is 65.2 Å². The third kappa shape index (κ3) is 7.38. The number of unbranched alkanes of at least 4 members (excludes halogenated alkanes) is 2. The Morgan fingerprint density at radius 3 is 2.26 bits per heavy atom. The average molecular weight is 368 g/mol. The highest BCUT2D eigenvalue weighted by Crippen LogP contribution is 2.29. The molecular formula is C25H37NO. The molecular weight excluding hydrogens is 330 g/mol. The standard InChI is InChI=1S/C25H37NO/c1-20(2)11-7-5-10-14-23-19-22(16-18-25(23)27)24(26(3)4)17-15-21-12-8-6-9-13-21/h6,8-9,12-13,16,18-20,24,27H,5,7,10-11,14-15,17H2,1-4H3.